The molecule has 4 heteroatoms. The molecule has 0 spiro atoms. The van der Waals surface area contributed by atoms with Crippen molar-refractivity contribution in [3.63, 3.8) is 0 Å². The number of furan rings is 1. The molecule has 1 aromatic heterocycles. The molecule has 0 saturated heterocycles. The first kappa shape index (κ1) is 22.4. The zero-order valence-electron chi connectivity index (χ0n) is 18.5. The molecule has 30 heavy (non-hydrogen) atoms. The summed E-state index contributed by atoms with van der Waals surface area (Å²) in [4.78, 5) is 13.7. The van der Waals surface area contributed by atoms with E-state index in [1.807, 2.05) is 77.9 Å². The van der Waals surface area contributed by atoms with Crippen LogP contribution in [0.1, 0.15) is 89.2 Å². The van der Waals surface area contributed by atoms with Crippen LogP contribution >= 0.6 is 15.9 Å². The minimum Gasteiger partial charge on any atom is -0.507 e. The molecule has 0 aliphatic heterocycles. The number of phenols is 1. The molecule has 0 unspecified atom stereocenters. The monoisotopic (exact) mass is 468 g/mol. The molecule has 3 aromatic rings. The first-order chi connectivity index (χ1) is 14.1. The highest BCUT2D eigenvalue weighted by molar-refractivity contribution is 9.10. The second-order valence-electron chi connectivity index (χ2n) is 8.53. The summed E-state index contributed by atoms with van der Waals surface area (Å²) in [5, 5.41) is 10.7. The number of ketones is 1. The lowest BCUT2D eigenvalue weighted by Crippen LogP contribution is -2.08. The van der Waals surface area contributed by atoms with E-state index in [4.69, 9.17) is 4.42 Å². The van der Waals surface area contributed by atoms with Crippen LogP contribution in [0.4, 0.5) is 0 Å². The molecular weight excluding hydrogens is 440 g/mol. The van der Waals surface area contributed by atoms with Gasteiger partial charge in [-0.1, -0.05) is 55.8 Å². The molecule has 0 radical (unpaired) electrons. The van der Waals surface area contributed by atoms with Crippen molar-refractivity contribution in [2.75, 3.05) is 0 Å². The fourth-order valence-corrected chi connectivity index (χ4v) is 4.01. The summed E-state index contributed by atoms with van der Waals surface area (Å²) < 4.78 is 7.03. The Balaban J connectivity index is 2.10. The molecule has 3 nitrogen and oxygen atoms in total. The smallest absolute Gasteiger partial charge is 0.196 e. The molecule has 0 aliphatic carbocycles. The van der Waals surface area contributed by atoms with Gasteiger partial charge < -0.3 is 9.52 Å². The molecule has 3 rings (SSSR count). The van der Waals surface area contributed by atoms with Gasteiger partial charge in [0.25, 0.3) is 0 Å². The molecule has 0 aliphatic rings. The van der Waals surface area contributed by atoms with Crippen molar-refractivity contribution in [2.24, 2.45) is 0 Å². The van der Waals surface area contributed by atoms with Crippen molar-refractivity contribution in [2.45, 2.75) is 59.8 Å². The van der Waals surface area contributed by atoms with E-state index in [1.54, 1.807) is 0 Å². The molecule has 158 valence electrons. The second-order valence-corrected chi connectivity index (χ2v) is 9.44. The second kappa shape index (κ2) is 8.81. The Morgan fingerprint density at radius 3 is 2.03 bits per heavy atom. The van der Waals surface area contributed by atoms with Gasteiger partial charge in [-0.25, -0.2) is 0 Å². The van der Waals surface area contributed by atoms with Crippen LogP contribution in [-0.2, 0) is 6.42 Å². The zero-order valence-corrected chi connectivity index (χ0v) is 20.1. The highest BCUT2D eigenvalue weighted by atomic mass is 79.9. The van der Waals surface area contributed by atoms with Crippen LogP contribution in [0.2, 0.25) is 0 Å². The Morgan fingerprint density at radius 2 is 1.53 bits per heavy atom. The van der Waals surface area contributed by atoms with E-state index in [0.717, 1.165) is 32.5 Å². The third-order valence-corrected chi connectivity index (χ3v) is 6.17. The summed E-state index contributed by atoms with van der Waals surface area (Å²) in [5.74, 6) is 1.92. The first-order valence-electron chi connectivity index (χ1n) is 10.3. The number of aryl methyl sites for hydroxylation is 1. The number of halogens is 1. The summed E-state index contributed by atoms with van der Waals surface area (Å²) >= 11 is 3.46. The summed E-state index contributed by atoms with van der Waals surface area (Å²) in [6, 6.07) is 11.7. The van der Waals surface area contributed by atoms with E-state index in [0.29, 0.717) is 29.1 Å². The standard InChI is InChI=1S/C26H29BrO3/c1-14(2)21-12-19(13-22(15(3)4)26(21)29)25(28)24-16(5)17(6)30-23(24)11-18-7-9-20(27)10-8-18/h7-10,12-15,29H,11H2,1-6H3. The lowest BCUT2D eigenvalue weighted by molar-refractivity contribution is 0.103. The molecular formula is C26H29BrO3. The number of hydrogen-bond donors (Lipinski definition) is 1. The minimum atomic E-state index is -0.0553. The molecule has 0 saturated carbocycles. The van der Waals surface area contributed by atoms with Crippen LogP contribution < -0.4 is 0 Å². The Labute approximate surface area is 187 Å². The van der Waals surface area contributed by atoms with Gasteiger partial charge in [0.2, 0.25) is 0 Å². The quantitative estimate of drug-likeness (QED) is 0.382. The van der Waals surface area contributed by atoms with Gasteiger partial charge in [-0.3, -0.25) is 4.79 Å². The maximum absolute atomic E-state index is 13.7. The van der Waals surface area contributed by atoms with Crippen molar-refractivity contribution in [3.05, 3.63) is 85.8 Å². The van der Waals surface area contributed by atoms with E-state index in [-0.39, 0.29) is 17.6 Å². The van der Waals surface area contributed by atoms with Gasteiger partial charge in [0, 0.05) is 22.0 Å². The van der Waals surface area contributed by atoms with Crippen LogP contribution in [0, 0.1) is 13.8 Å². The average Bonchev–Trinajstić information content (AvgIpc) is 2.96. The number of phenolic OH excluding ortho intramolecular Hbond substituents is 1. The lowest BCUT2D eigenvalue weighted by atomic mass is 9.88. The first-order valence-corrected chi connectivity index (χ1v) is 11.1. The van der Waals surface area contributed by atoms with E-state index < -0.39 is 0 Å². The molecule has 0 fully saturated rings. The van der Waals surface area contributed by atoms with E-state index in [9.17, 15) is 9.90 Å². The third kappa shape index (κ3) is 4.39. The minimum absolute atomic E-state index is 0.0553. The van der Waals surface area contributed by atoms with Crippen molar-refractivity contribution in [3.8, 4) is 5.75 Å². The molecule has 0 atom stereocenters. The van der Waals surface area contributed by atoms with Crippen molar-refractivity contribution in [1.29, 1.82) is 0 Å². The Bertz CT molecular complexity index is 1040. The molecule has 0 amide bonds. The van der Waals surface area contributed by atoms with E-state index in [2.05, 4.69) is 15.9 Å². The van der Waals surface area contributed by atoms with Crippen LogP contribution in [0.15, 0.2) is 45.3 Å². The third-order valence-electron chi connectivity index (χ3n) is 5.64. The summed E-state index contributed by atoms with van der Waals surface area (Å²) in [6.07, 6.45) is 0.551. The number of aromatic hydroxyl groups is 1. The van der Waals surface area contributed by atoms with E-state index in [1.165, 1.54) is 0 Å². The van der Waals surface area contributed by atoms with Gasteiger partial charge in [0.1, 0.15) is 17.3 Å². The predicted molar refractivity (Wildman–Crippen MR) is 125 cm³/mol. The molecule has 1 heterocycles. The highest BCUT2D eigenvalue weighted by Gasteiger charge is 2.25. The van der Waals surface area contributed by atoms with Gasteiger partial charge in [-0.05, 0) is 66.6 Å². The van der Waals surface area contributed by atoms with E-state index >= 15 is 0 Å². The highest BCUT2D eigenvalue weighted by Crippen LogP contribution is 2.36. The number of rotatable bonds is 6. The van der Waals surface area contributed by atoms with Crippen molar-refractivity contribution < 1.29 is 14.3 Å². The van der Waals surface area contributed by atoms with Crippen LogP contribution in [-0.4, -0.2) is 10.9 Å². The normalized spacial score (nSPS) is 11.5. The SMILES string of the molecule is Cc1oc(Cc2ccc(Br)cc2)c(C(=O)c2cc(C(C)C)c(O)c(C(C)C)c2)c1C. The van der Waals surface area contributed by atoms with Gasteiger partial charge in [-0.2, -0.15) is 0 Å². The lowest BCUT2D eigenvalue weighted by Gasteiger charge is -2.17. The van der Waals surface area contributed by atoms with Crippen molar-refractivity contribution in [1.82, 2.24) is 0 Å². The van der Waals surface area contributed by atoms with Crippen LogP contribution in [0.25, 0.3) is 0 Å². The predicted octanol–water partition coefficient (Wildman–Crippen LogP) is 7.43. The van der Waals surface area contributed by atoms with Gasteiger partial charge in [0.15, 0.2) is 5.78 Å². The number of hydrogen-bond acceptors (Lipinski definition) is 3. The Morgan fingerprint density at radius 1 is 1.00 bits per heavy atom. The number of carbonyl (C=O) groups excluding carboxylic acids is 1. The maximum Gasteiger partial charge on any atom is 0.196 e. The summed E-state index contributed by atoms with van der Waals surface area (Å²) in [5.41, 5.74) is 4.79. The summed E-state index contributed by atoms with van der Waals surface area (Å²) in [6.45, 7) is 11.9. The zero-order chi connectivity index (χ0) is 22.2. The van der Waals surface area contributed by atoms with Crippen LogP contribution in [0.3, 0.4) is 0 Å². The van der Waals surface area contributed by atoms with Gasteiger partial charge >= 0.3 is 0 Å². The fraction of sp³-hybridized carbons (Fsp3) is 0.346. The Hall–Kier alpha value is -2.33. The molecule has 0 bridgehead atoms. The molecule has 1 N–H and O–H groups in total. The fourth-order valence-electron chi connectivity index (χ4n) is 3.74. The topological polar surface area (TPSA) is 50.4 Å². The summed E-state index contributed by atoms with van der Waals surface area (Å²) in [7, 11) is 0. The van der Waals surface area contributed by atoms with Gasteiger partial charge in [-0.15, -0.1) is 0 Å². The van der Waals surface area contributed by atoms with Crippen molar-refractivity contribution >= 4 is 21.7 Å². The number of benzene rings is 2. The van der Waals surface area contributed by atoms with Crippen LogP contribution in [0.5, 0.6) is 5.75 Å². The molecule has 2 aromatic carbocycles. The maximum atomic E-state index is 13.7. The number of carbonyl (C=O) groups is 1. The Kier molecular flexibility index (Phi) is 6.56. The van der Waals surface area contributed by atoms with Gasteiger partial charge in [0.05, 0.1) is 5.56 Å². The average molecular weight is 469 g/mol. The largest absolute Gasteiger partial charge is 0.507 e.